The highest BCUT2D eigenvalue weighted by Crippen LogP contribution is 2.18. The zero-order valence-electron chi connectivity index (χ0n) is 8.78. The lowest BCUT2D eigenvalue weighted by Gasteiger charge is -2.06. The van der Waals surface area contributed by atoms with E-state index in [0.717, 1.165) is 16.8 Å². The van der Waals surface area contributed by atoms with Crippen molar-refractivity contribution in [2.45, 2.75) is 6.54 Å². The Morgan fingerprint density at radius 2 is 2.00 bits per heavy atom. The van der Waals surface area contributed by atoms with Crippen LogP contribution in [0.25, 0.3) is 5.69 Å². The molecular weight excluding hydrogens is 235 g/mol. The molecule has 90 valence electrons. The molecule has 1 aromatic heterocycles. The minimum atomic E-state index is -1.55. The molecule has 0 saturated heterocycles. The van der Waals surface area contributed by atoms with Crippen LogP contribution in [0.2, 0.25) is 0 Å². The van der Waals surface area contributed by atoms with E-state index in [2.05, 4.69) is 20.8 Å². The van der Waals surface area contributed by atoms with E-state index in [4.69, 9.17) is 0 Å². The Balaban J connectivity index is 2.53. The van der Waals surface area contributed by atoms with E-state index in [1.54, 1.807) is 7.05 Å². The Bertz CT molecular complexity index is 539. The first-order valence-electron chi connectivity index (χ1n) is 4.71. The van der Waals surface area contributed by atoms with Gasteiger partial charge in [-0.15, -0.1) is 5.10 Å². The lowest BCUT2D eigenvalue weighted by atomic mass is 10.3. The zero-order chi connectivity index (χ0) is 12.4. The SMILES string of the molecule is CNCc1nnnn1-c1ccc(F)c(F)c1F. The Morgan fingerprint density at radius 1 is 1.24 bits per heavy atom. The van der Waals surface area contributed by atoms with Crippen molar-refractivity contribution < 1.29 is 13.2 Å². The maximum absolute atomic E-state index is 13.5. The van der Waals surface area contributed by atoms with Gasteiger partial charge in [0.15, 0.2) is 23.3 Å². The van der Waals surface area contributed by atoms with Gasteiger partial charge in [-0.1, -0.05) is 0 Å². The number of tetrazole rings is 1. The van der Waals surface area contributed by atoms with Crippen molar-refractivity contribution in [2.75, 3.05) is 7.05 Å². The van der Waals surface area contributed by atoms with Crippen LogP contribution in [-0.4, -0.2) is 27.3 Å². The molecule has 0 saturated carbocycles. The van der Waals surface area contributed by atoms with Gasteiger partial charge in [-0.25, -0.2) is 13.2 Å². The molecule has 0 aliphatic carbocycles. The summed E-state index contributed by atoms with van der Waals surface area (Å²) in [6.45, 7) is 0.269. The molecule has 1 aromatic carbocycles. The van der Waals surface area contributed by atoms with Gasteiger partial charge in [0.1, 0.15) is 5.69 Å². The summed E-state index contributed by atoms with van der Waals surface area (Å²) >= 11 is 0. The van der Waals surface area contributed by atoms with Gasteiger partial charge in [-0.3, -0.25) is 0 Å². The minimum absolute atomic E-state index is 0.237. The lowest BCUT2D eigenvalue weighted by molar-refractivity contribution is 0.442. The van der Waals surface area contributed by atoms with E-state index >= 15 is 0 Å². The van der Waals surface area contributed by atoms with E-state index in [9.17, 15) is 13.2 Å². The van der Waals surface area contributed by atoms with Crippen molar-refractivity contribution in [1.29, 1.82) is 0 Å². The van der Waals surface area contributed by atoms with Crippen LogP contribution in [0.1, 0.15) is 5.82 Å². The number of benzene rings is 1. The number of nitrogens with zero attached hydrogens (tertiary/aromatic N) is 4. The van der Waals surface area contributed by atoms with Crippen LogP contribution in [-0.2, 0) is 6.54 Å². The Hall–Kier alpha value is -1.96. The lowest BCUT2D eigenvalue weighted by Crippen LogP contribution is -2.13. The van der Waals surface area contributed by atoms with Gasteiger partial charge in [0.2, 0.25) is 0 Å². The van der Waals surface area contributed by atoms with Crippen molar-refractivity contribution in [3.63, 3.8) is 0 Å². The highest BCUT2D eigenvalue weighted by atomic mass is 19.2. The van der Waals surface area contributed by atoms with Gasteiger partial charge < -0.3 is 5.32 Å². The molecule has 0 fully saturated rings. The summed E-state index contributed by atoms with van der Waals surface area (Å²) in [6, 6.07) is 1.89. The normalized spacial score (nSPS) is 10.8. The van der Waals surface area contributed by atoms with Crippen molar-refractivity contribution in [1.82, 2.24) is 25.5 Å². The van der Waals surface area contributed by atoms with E-state index in [-0.39, 0.29) is 18.1 Å². The van der Waals surface area contributed by atoms with Crippen LogP contribution in [0, 0.1) is 17.5 Å². The molecular formula is C9H8F3N5. The number of aromatic nitrogens is 4. The van der Waals surface area contributed by atoms with Crippen LogP contribution >= 0.6 is 0 Å². The molecule has 0 radical (unpaired) electrons. The first-order chi connectivity index (χ1) is 8.15. The van der Waals surface area contributed by atoms with E-state index in [1.807, 2.05) is 0 Å². The van der Waals surface area contributed by atoms with Crippen molar-refractivity contribution in [2.24, 2.45) is 0 Å². The topological polar surface area (TPSA) is 55.6 Å². The molecule has 0 aliphatic rings. The van der Waals surface area contributed by atoms with Crippen LogP contribution < -0.4 is 5.32 Å². The van der Waals surface area contributed by atoms with E-state index in [0.29, 0.717) is 0 Å². The molecule has 1 N–H and O–H groups in total. The molecule has 2 rings (SSSR count). The average Bonchev–Trinajstić information content (AvgIpc) is 2.75. The number of nitrogens with one attached hydrogen (secondary N) is 1. The number of rotatable bonds is 3. The molecule has 17 heavy (non-hydrogen) atoms. The quantitative estimate of drug-likeness (QED) is 0.810. The molecule has 2 aromatic rings. The Morgan fingerprint density at radius 3 is 2.71 bits per heavy atom. The zero-order valence-corrected chi connectivity index (χ0v) is 8.78. The third-order valence-electron chi connectivity index (χ3n) is 2.11. The van der Waals surface area contributed by atoms with E-state index in [1.165, 1.54) is 0 Å². The van der Waals surface area contributed by atoms with Crippen LogP contribution in [0.4, 0.5) is 13.2 Å². The van der Waals surface area contributed by atoms with Gasteiger partial charge in [-0.2, -0.15) is 4.68 Å². The summed E-state index contributed by atoms with van der Waals surface area (Å²) < 4.78 is 40.3. The molecule has 5 nitrogen and oxygen atoms in total. The fraction of sp³-hybridized carbons (Fsp3) is 0.222. The highest BCUT2D eigenvalue weighted by Gasteiger charge is 2.17. The van der Waals surface area contributed by atoms with Crippen molar-refractivity contribution in [3.05, 3.63) is 35.4 Å². The first-order valence-corrected chi connectivity index (χ1v) is 4.71. The third-order valence-corrected chi connectivity index (χ3v) is 2.11. The van der Waals surface area contributed by atoms with E-state index < -0.39 is 17.5 Å². The van der Waals surface area contributed by atoms with Gasteiger partial charge in [0.25, 0.3) is 0 Å². The Kier molecular flexibility index (Phi) is 3.05. The summed E-state index contributed by atoms with van der Waals surface area (Å²) in [5.41, 5.74) is -0.237. The minimum Gasteiger partial charge on any atom is -0.313 e. The predicted octanol–water partition coefficient (Wildman–Crippen LogP) is 0.799. The average molecular weight is 243 g/mol. The van der Waals surface area contributed by atoms with Gasteiger partial charge in [0.05, 0.1) is 6.54 Å². The summed E-state index contributed by atoms with van der Waals surface area (Å²) in [6.07, 6.45) is 0. The molecule has 0 unspecified atom stereocenters. The molecule has 0 aliphatic heterocycles. The van der Waals surface area contributed by atoms with Crippen LogP contribution in [0.15, 0.2) is 12.1 Å². The smallest absolute Gasteiger partial charge is 0.196 e. The highest BCUT2D eigenvalue weighted by molar-refractivity contribution is 5.34. The standard InChI is InChI=1S/C9H8F3N5/c1-13-4-7-14-15-16-17(7)6-3-2-5(10)8(11)9(6)12/h2-3,13H,4H2,1H3. The fourth-order valence-electron chi connectivity index (χ4n) is 1.34. The fourth-order valence-corrected chi connectivity index (χ4v) is 1.34. The van der Waals surface area contributed by atoms with Crippen LogP contribution in [0.5, 0.6) is 0 Å². The number of hydrogen-bond donors (Lipinski definition) is 1. The monoisotopic (exact) mass is 243 g/mol. The van der Waals surface area contributed by atoms with Gasteiger partial charge >= 0.3 is 0 Å². The molecule has 0 bridgehead atoms. The third kappa shape index (κ3) is 1.98. The van der Waals surface area contributed by atoms with Crippen molar-refractivity contribution >= 4 is 0 Å². The first kappa shape index (κ1) is 11.5. The predicted molar refractivity (Wildman–Crippen MR) is 51.8 cm³/mol. The van der Waals surface area contributed by atoms with Crippen LogP contribution in [0.3, 0.4) is 0 Å². The number of halogens is 3. The summed E-state index contributed by atoms with van der Waals surface area (Å²) in [5, 5.41) is 13.3. The second-order valence-corrected chi connectivity index (χ2v) is 3.23. The molecule has 8 heteroatoms. The summed E-state index contributed by atoms with van der Waals surface area (Å²) in [4.78, 5) is 0. The second kappa shape index (κ2) is 4.50. The molecule has 1 heterocycles. The molecule has 0 spiro atoms. The maximum atomic E-state index is 13.5. The summed E-state index contributed by atoms with van der Waals surface area (Å²) in [5.74, 6) is -3.84. The van der Waals surface area contributed by atoms with Crippen molar-refractivity contribution in [3.8, 4) is 5.69 Å². The van der Waals surface area contributed by atoms with Gasteiger partial charge in [0, 0.05) is 0 Å². The van der Waals surface area contributed by atoms with Gasteiger partial charge in [-0.05, 0) is 29.6 Å². The largest absolute Gasteiger partial charge is 0.313 e. The second-order valence-electron chi connectivity index (χ2n) is 3.23. The number of hydrogen-bond acceptors (Lipinski definition) is 4. The molecule has 0 amide bonds. The maximum Gasteiger partial charge on any atom is 0.196 e. The Labute approximate surface area is 94.2 Å². The summed E-state index contributed by atoms with van der Waals surface area (Å²) in [7, 11) is 1.65. The molecule has 0 atom stereocenters.